The molecule has 0 spiro atoms. The Morgan fingerprint density at radius 1 is 1.05 bits per heavy atom. The number of rotatable bonds is 9. The molecule has 0 unspecified atom stereocenters. The van der Waals surface area contributed by atoms with Gasteiger partial charge in [0.1, 0.15) is 30.1 Å². The second-order valence-corrected chi connectivity index (χ2v) is 11.2. The number of aryl methyl sites for hydroxylation is 2. The molecule has 4 heterocycles. The third kappa shape index (κ3) is 5.71. The molecule has 1 saturated heterocycles. The number of halogens is 1. The maximum atomic E-state index is 6.86. The van der Waals surface area contributed by atoms with E-state index in [9.17, 15) is 0 Å². The molecule has 39 heavy (non-hydrogen) atoms. The number of benzene rings is 1. The maximum absolute atomic E-state index is 6.86. The van der Waals surface area contributed by atoms with Crippen LogP contribution < -0.4 is 14.8 Å². The van der Waals surface area contributed by atoms with Crippen molar-refractivity contribution in [2.24, 2.45) is 0 Å². The van der Waals surface area contributed by atoms with Crippen LogP contribution >= 0.6 is 11.6 Å². The first-order valence-electron chi connectivity index (χ1n) is 13.6. The molecule has 204 valence electrons. The molecule has 1 saturated carbocycles. The highest BCUT2D eigenvalue weighted by atomic mass is 35.5. The Hall–Kier alpha value is -3.27. The van der Waals surface area contributed by atoms with Crippen LogP contribution in [0.4, 0.5) is 0 Å². The van der Waals surface area contributed by atoms with Crippen LogP contribution in [-0.2, 0) is 6.54 Å². The Morgan fingerprint density at radius 3 is 2.62 bits per heavy atom. The van der Waals surface area contributed by atoms with Crippen molar-refractivity contribution in [2.75, 3.05) is 39.3 Å². The molecule has 1 aromatic carbocycles. The molecule has 4 aromatic rings. The third-order valence-corrected chi connectivity index (χ3v) is 7.92. The van der Waals surface area contributed by atoms with E-state index >= 15 is 0 Å². The second-order valence-electron chi connectivity index (χ2n) is 10.8. The standard InChI is InChI=1S/C29H34ClN7O2/c1-19-14-21(32-16-20(19)2)17-37-26(35-25-27(37)33-18-34-28(25)39-29(3)6-7-29)23-5-4-22(15-24(23)30)38-13-12-36-10-8-31-9-11-36/h4-5,14-16,18,31H,6-13,17H2,1-3H3. The molecule has 2 aliphatic rings. The summed E-state index contributed by atoms with van der Waals surface area (Å²) in [7, 11) is 0. The first-order chi connectivity index (χ1) is 18.9. The van der Waals surface area contributed by atoms with E-state index in [2.05, 4.69) is 52.0 Å². The SMILES string of the molecule is Cc1cnc(Cn2c(-c3ccc(OCCN4CCNCC4)cc3Cl)nc3c(OC4(C)CC4)ncnc32)cc1C. The second kappa shape index (κ2) is 10.7. The van der Waals surface area contributed by atoms with Crippen molar-refractivity contribution in [1.82, 2.24) is 34.7 Å². The van der Waals surface area contributed by atoms with Crippen LogP contribution in [-0.4, -0.2) is 74.3 Å². The largest absolute Gasteiger partial charge is 0.492 e. The zero-order chi connectivity index (χ0) is 27.0. The molecule has 10 heteroatoms. The lowest BCUT2D eigenvalue weighted by Gasteiger charge is -2.26. The number of nitrogens with one attached hydrogen (secondary N) is 1. The van der Waals surface area contributed by atoms with Gasteiger partial charge in [0.15, 0.2) is 11.2 Å². The first-order valence-corrected chi connectivity index (χ1v) is 13.9. The fourth-order valence-electron chi connectivity index (χ4n) is 4.78. The average Bonchev–Trinajstić information content (AvgIpc) is 3.54. The number of piperazine rings is 1. The normalized spacial score (nSPS) is 16.9. The number of hydrogen-bond donors (Lipinski definition) is 1. The highest BCUT2D eigenvalue weighted by Crippen LogP contribution is 2.41. The summed E-state index contributed by atoms with van der Waals surface area (Å²) in [5.41, 5.74) is 5.16. The Morgan fingerprint density at radius 2 is 1.87 bits per heavy atom. The smallest absolute Gasteiger partial charge is 0.245 e. The predicted octanol–water partition coefficient (Wildman–Crippen LogP) is 4.42. The minimum atomic E-state index is -0.192. The summed E-state index contributed by atoms with van der Waals surface area (Å²) in [4.78, 5) is 21.1. The van der Waals surface area contributed by atoms with Crippen LogP contribution in [0.15, 0.2) is 36.8 Å². The number of ether oxygens (including phenoxy) is 2. The lowest BCUT2D eigenvalue weighted by molar-refractivity contribution is 0.191. The van der Waals surface area contributed by atoms with Gasteiger partial charge in [0.05, 0.1) is 17.3 Å². The van der Waals surface area contributed by atoms with Gasteiger partial charge in [0.25, 0.3) is 0 Å². The van der Waals surface area contributed by atoms with E-state index in [0.717, 1.165) is 68.1 Å². The van der Waals surface area contributed by atoms with Crippen LogP contribution in [0.1, 0.15) is 36.6 Å². The van der Waals surface area contributed by atoms with Gasteiger partial charge in [-0.2, -0.15) is 4.98 Å². The fourth-order valence-corrected chi connectivity index (χ4v) is 5.04. The minimum Gasteiger partial charge on any atom is -0.492 e. The summed E-state index contributed by atoms with van der Waals surface area (Å²) in [6, 6.07) is 7.88. The molecular formula is C29H34ClN7O2. The van der Waals surface area contributed by atoms with Gasteiger partial charge in [-0.15, -0.1) is 0 Å². The van der Waals surface area contributed by atoms with E-state index in [1.165, 1.54) is 11.9 Å². The molecule has 0 amide bonds. The van der Waals surface area contributed by atoms with E-state index in [1.807, 2.05) is 29.0 Å². The van der Waals surface area contributed by atoms with Crippen LogP contribution in [0.25, 0.3) is 22.6 Å². The zero-order valence-electron chi connectivity index (χ0n) is 22.7. The lowest BCUT2D eigenvalue weighted by Crippen LogP contribution is -2.44. The Balaban J connectivity index is 1.33. The topological polar surface area (TPSA) is 90.2 Å². The molecule has 3 aromatic heterocycles. The zero-order valence-corrected chi connectivity index (χ0v) is 23.5. The van der Waals surface area contributed by atoms with Crippen LogP contribution in [0.5, 0.6) is 11.6 Å². The Kier molecular flexibility index (Phi) is 7.14. The summed E-state index contributed by atoms with van der Waals surface area (Å²) in [6.45, 7) is 12.4. The highest BCUT2D eigenvalue weighted by Gasteiger charge is 2.41. The van der Waals surface area contributed by atoms with Crippen LogP contribution in [0.3, 0.4) is 0 Å². The summed E-state index contributed by atoms with van der Waals surface area (Å²) in [6.07, 6.45) is 5.44. The van der Waals surface area contributed by atoms with Crippen molar-refractivity contribution in [1.29, 1.82) is 0 Å². The van der Waals surface area contributed by atoms with Crippen molar-refractivity contribution >= 4 is 22.8 Å². The minimum absolute atomic E-state index is 0.192. The molecule has 9 nitrogen and oxygen atoms in total. The molecule has 6 rings (SSSR count). The van der Waals surface area contributed by atoms with Crippen molar-refractivity contribution in [3.8, 4) is 23.0 Å². The molecular weight excluding hydrogens is 514 g/mol. The average molecular weight is 548 g/mol. The summed E-state index contributed by atoms with van der Waals surface area (Å²) in [5, 5.41) is 3.94. The lowest BCUT2D eigenvalue weighted by atomic mass is 10.1. The Bertz CT molecular complexity index is 1490. The molecule has 0 radical (unpaired) electrons. The summed E-state index contributed by atoms with van der Waals surface area (Å²) < 4.78 is 14.3. The van der Waals surface area contributed by atoms with Crippen molar-refractivity contribution in [2.45, 2.75) is 45.8 Å². The molecule has 0 bridgehead atoms. The number of imidazole rings is 1. The Labute approximate surface area is 233 Å². The van der Waals surface area contributed by atoms with Gasteiger partial charge < -0.3 is 19.4 Å². The van der Waals surface area contributed by atoms with Gasteiger partial charge in [-0.25, -0.2) is 9.97 Å². The predicted molar refractivity (Wildman–Crippen MR) is 152 cm³/mol. The van der Waals surface area contributed by atoms with Crippen LogP contribution in [0, 0.1) is 13.8 Å². The van der Waals surface area contributed by atoms with Crippen molar-refractivity contribution in [3.05, 3.63) is 58.6 Å². The monoisotopic (exact) mass is 547 g/mol. The quantitative estimate of drug-likeness (QED) is 0.329. The fraction of sp³-hybridized carbons (Fsp3) is 0.448. The molecule has 1 aliphatic heterocycles. The van der Waals surface area contributed by atoms with E-state index in [4.69, 9.17) is 26.1 Å². The van der Waals surface area contributed by atoms with Crippen LogP contribution in [0.2, 0.25) is 5.02 Å². The molecule has 1 N–H and O–H groups in total. The van der Waals surface area contributed by atoms with Gasteiger partial charge in [-0.3, -0.25) is 9.88 Å². The van der Waals surface area contributed by atoms with Gasteiger partial charge in [-0.1, -0.05) is 11.6 Å². The number of hydrogen-bond acceptors (Lipinski definition) is 8. The van der Waals surface area contributed by atoms with Crippen molar-refractivity contribution in [3.63, 3.8) is 0 Å². The van der Waals surface area contributed by atoms with E-state index < -0.39 is 0 Å². The summed E-state index contributed by atoms with van der Waals surface area (Å²) in [5.74, 6) is 1.92. The van der Waals surface area contributed by atoms with E-state index in [-0.39, 0.29) is 5.60 Å². The number of aromatic nitrogens is 5. The molecule has 2 fully saturated rings. The third-order valence-electron chi connectivity index (χ3n) is 7.61. The van der Waals surface area contributed by atoms with Crippen molar-refractivity contribution < 1.29 is 9.47 Å². The van der Waals surface area contributed by atoms with Gasteiger partial charge >= 0.3 is 0 Å². The van der Waals surface area contributed by atoms with Gasteiger partial charge in [-0.05, 0) is 69.0 Å². The summed E-state index contributed by atoms with van der Waals surface area (Å²) >= 11 is 6.86. The number of pyridine rings is 1. The van der Waals surface area contributed by atoms with E-state index in [1.54, 1.807) is 0 Å². The van der Waals surface area contributed by atoms with E-state index in [0.29, 0.717) is 41.0 Å². The number of nitrogens with zero attached hydrogens (tertiary/aromatic N) is 6. The molecule has 1 aliphatic carbocycles. The highest BCUT2D eigenvalue weighted by molar-refractivity contribution is 6.33. The van der Waals surface area contributed by atoms with Gasteiger partial charge in [0.2, 0.25) is 5.88 Å². The van der Waals surface area contributed by atoms with Gasteiger partial charge in [0, 0.05) is 44.5 Å². The number of fused-ring (bicyclic) bond motifs is 1. The first kappa shape index (κ1) is 26.0. The maximum Gasteiger partial charge on any atom is 0.245 e. The molecule has 0 atom stereocenters.